The molecule has 0 spiro atoms. The molecule has 1 aromatic carbocycles. The first-order chi connectivity index (χ1) is 8.22. The summed E-state index contributed by atoms with van der Waals surface area (Å²) in [5, 5.41) is 3.27. The van der Waals surface area contributed by atoms with Gasteiger partial charge in [-0.1, -0.05) is 18.2 Å². The van der Waals surface area contributed by atoms with E-state index in [9.17, 15) is 0 Å². The number of rotatable bonds is 4. The highest BCUT2D eigenvalue weighted by atomic mass is 16.5. The summed E-state index contributed by atoms with van der Waals surface area (Å²) < 4.78 is 6.26. The van der Waals surface area contributed by atoms with E-state index >= 15 is 0 Å². The minimum absolute atomic E-state index is 0.391. The molecule has 0 heterocycles. The standard InChI is InChI=1S/C15H23NO/c1-11-6-4-7-12(2)15(11)17-14-9-5-8-13(14)10-16-3/h4,6-7,13-14,16H,5,8-10H2,1-3H3. The first kappa shape index (κ1) is 12.4. The Morgan fingerprint density at radius 1 is 1.24 bits per heavy atom. The molecule has 2 heteroatoms. The first-order valence-electron chi connectivity index (χ1n) is 6.60. The highest BCUT2D eigenvalue weighted by Crippen LogP contribution is 2.32. The van der Waals surface area contributed by atoms with Crippen LogP contribution in [-0.2, 0) is 0 Å². The Morgan fingerprint density at radius 2 is 1.94 bits per heavy atom. The van der Waals surface area contributed by atoms with Crippen molar-refractivity contribution >= 4 is 0 Å². The zero-order valence-corrected chi connectivity index (χ0v) is 11.1. The third kappa shape index (κ3) is 2.81. The fourth-order valence-corrected chi connectivity index (χ4v) is 2.79. The predicted octanol–water partition coefficient (Wildman–Crippen LogP) is 3.07. The number of aryl methyl sites for hydroxylation is 2. The van der Waals surface area contributed by atoms with Gasteiger partial charge in [-0.2, -0.15) is 0 Å². The Morgan fingerprint density at radius 3 is 2.59 bits per heavy atom. The Kier molecular flexibility index (Phi) is 4.06. The minimum atomic E-state index is 0.391. The van der Waals surface area contributed by atoms with E-state index < -0.39 is 0 Å². The van der Waals surface area contributed by atoms with Crippen LogP contribution in [-0.4, -0.2) is 19.7 Å². The number of hydrogen-bond acceptors (Lipinski definition) is 2. The van der Waals surface area contributed by atoms with Crippen molar-refractivity contribution in [1.82, 2.24) is 5.32 Å². The summed E-state index contributed by atoms with van der Waals surface area (Å²) in [5.41, 5.74) is 2.50. The summed E-state index contributed by atoms with van der Waals surface area (Å²) in [7, 11) is 2.02. The van der Waals surface area contributed by atoms with E-state index in [1.54, 1.807) is 0 Å². The summed E-state index contributed by atoms with van der Waals surface area (Å²) >= 11 is 0. The number of para-hydroxylation sites is 1. The molecule has 1 aliphatic rings. The van der Waals surface area contributed by atoms with Crippen LogP contribution < -0.4 is 10.1 Å². The molecule has 17 heavy (non-hydrogen) atoms. The third-order valence-electron chi connectivity index (χ3n) is 3.73. The van der Waals surface area contributed by atoms with Crippen LogP contribution in [0.1, 0.15) is 30.4 Å². The number of hydrogen-bond donors (Lipinski definition) is 1. The largest absolute Gasteiger partial charge is 0.490 e. The van der Waals surface area contributed by atoms with Crippen molar-refractivity contribution in [3.8, 4) is 5.75 Å². The van der Waals surface area contributed by atoms with Gasteiger partial charge < -0.3 is 10.1 Å². The lowest BCUT2D eigenvalue weighted by Gasteiger charge is -2.23. The second-order valence-corrected chi connectivity index (χ2v) is 5.13. The summed E-state index contributed by atoms with van der Waals surface area (Å²) in [4.78, 5) is 0. The molecule has 1 aliphatic carbocycles. The Hall–Kier alpha value is -1.02. The van der Waals surface area contributed by atoms with Gasteiger partial charge in [0.1, 0.15) is 11.9 Å². The van der Waals surface area contributed by atoms with Crippen molar-refractivity contribution in [2.45, 2.75) is 39.2 Å². The van der Waals surface area contributed by atoms with Gasteiger partial charge in [0, 0.05) is 12.5 Å². The molecule has 1 saturated carbocycles. The Labute approximate surface area is 104 Å². The number of ether oxygens (including phenoxy) is 1. The van der Waals surface area contributed by atoms with Crippen LogP contribution in [0.2, 0.25) is 0 Å². The van der Waals surface area contributed by atoms with Crippen molar-refractivity contribution in [3.63, 3.8) is 0 Å². The summed E-state index contributed by atoms with van der Waals surface area (Å²) in [6.07, 6.45) is 4.17. The van der Waals surface area contributed by atoms with E-state index in [0.29, 0.717) is 12.0 Å². The average Bonchev–Trinajstić information content (AvgIpc) is 2.72. The van der Waals surface area contributed by atoms with Gasteiger partial charge in [0.25, 0.3) is 0 Å². The van der Waals surface area contributed by atoms with Crippen LogP contribution in [0.4, 0.5) is 0 Å². The lowest BCUT2D eigenvalue weighted by atomic mass is 10.1. The molecule has 1 aromatic rings. The molecule has 94 valence electrons. The number of nitrogens with one attached hydrogen (secondary N) is 1. The lowest BCUT2D eigenvalue weighted by Crippen LogP contribution is -2.29. The molecule has 1 fully saturated rings. The van der Waals surface area contributed by atoms with Crippen LogP contribution in [0, 0.1) is 19.8 Å². The van der Waals surface area contributed by atoms with Gasteiger partial charge in [0.05, 0.1) is 0 Å². The molecule has 1 N–H and O–H groups in total. The van der Waals surface area contributed by atoms with Crippen molar-refractivity contribution in [2.75, 3.05) is 13.6 Å². The van der Waals surface area contributed by atoms with Crippen LogP contribution in [0.3, 0.4) is 0 Å². The van der Waals surface area contributed by atoms with Crippen LogP contribution in [0.25, 0.3) is 0 Å². The normalized spacial score (nSPS) is 23.9. The molecule has 2 atom stereocenters. The smallest absolute Gasteiger partial charge is 0.125 e. The van der Waals surface area contributed by atoms with E-state index in [2.05, 4.69) is 37.4 Å². The van der Waals surface area contributed by atoms with Gasteiger partial charge in [0.2, 0.25) is 0 Å². The zero-order chi connectivity index (χ0) is 12.3. The molecule has 0 bridgehead atoms. The fraction of sp³-hybridized carbons (Fsp3) is 0.600. The molecule has 0 saturated heterocycles. The molecule has 0 amide bonds. The van der Waals surface area contributed by atoms with Crippen LogP contribution in [0.15, 0.2) is 18.2 Å². The van der Waals surface area contributed by atoms with Crippen molar-refractivity contribution in [1.29, 1.82) is 0 Å². The highest BCUT2D eigenvalue weighted by Gasteiger charge is 2.28. The predicted molar refractivity (Wildman–Crippen MR) is 71.6 cm³/mol. The minimum Gasteiger partial charge on any atom is -0.490 e. The third-order valence-corrected chi connectivity index (χ3v) is 3.73. The molecule has 0 aromatic heterocycles. The first-order valence-corrected chi connectivity index (χ1v) is 6.60. The molecular weight excluding hydrogens is 210 g/mol. The van der Waals surface area contributed by atoms with E-state index in [-0.39, 0.29) is 0 Å². The van der Waals surface area contributed by atoms with Gasteiger partial charge in [-0.05, 0) is 51.3 Å². The molecular formula is C15H23NO. The van der Waals surface area contributed by atoms with Crippen molar-refractivity contribution in [2.24, 2.45) is 5.92 Å². The van der Waals surface area contributed by atoms with Crippen LogP contribution in [0.5, 0.6) is 5.75 Å². The lowest BCUT2D eigenvalue weighted by molar-refractivity contribution is 0.156. The fourth-order valence-electron chi connectivity index (χ4n) is 2.79. The number of benzene rings is 1. The Bertz CT molecular complexity index is 355. The van der Waals surface area contributed by atoms with E-state index in [0.717, 1.165) is 12.3 Å². The molecule has 2 rings (SSSR count). The molecule has 0 aliphatic heterocycles. The maximum absolute atomic E-state index is 6.26. The monoisotopic (exact) mass is 233 g/mol. The summed E-state index contributed by atoms with van der Waals surface area (Å²) in [5.74, 6) is 1.76. The SMILES string of the molecule is CNCC1CCCC1Oc1c(C)cccc1C. The second-order valence-electron chi connectivity index (χ2n) is 5.13. The van der Waals surface area contributed by atoms with Gasteiger partial charge in [-0.15, -0.1) is 0 Å². The second kappa shape index (κ2) is 5.54. The maximum atomic E-state index is 6.26. The van der Waals surface area contributed by atoms with E-state index in [1.807, 2.05) is 7.05 Å². The van der Waals surface area contributed by atoms with Gasteiger partial charge >= 0.3 is 0 Å². The zero-order valence-electron chi connectivity index (χ0n) is 11.1. The highest BCUT2D eigenvalue weighted by molar-refractivity contribution is 5.39. The van der Waals surface area contributed by atoms with Crippen LogP contribution >= 0.6 is 0 Å². The van der Waals surface area contributed by atoms with Crippen molar-refractivity contribution < 1.29 is 4.74 Å². The van der Waals surface area contributed by atoms with Crippen molar-refractivity contribution in [3.05, 3.63) is 29.3 Å². The van der Waals surface area contributed by atoms with E-state index in [1.165, 1.54) is 30.4 Å². The molecule has 2 nitrogen and oxygen atoms in total. The van der Waals surface area contributed by atoms with Gasteiger partial charge in [-0.25, -0.2) is 0 Å². The molecule has 0 radical (unpaired) electrons. The summed E-state index contributed by atoms with van der Waals surface area (Å²) in [6.45, 7) is 5.32. The van der Waals surface area contributed by atoms with Gasteiger partial charge in [-0.3, -0.25) is 0 Å². The quantitative estimate of drug-likeness (QED) is 0.863. The summed E-state index contributed by atoms with van der Waals surface area (Å²) in [6, 6.07) is 6.35. The average molecular weight is 233 g/mol. The Balaban J connectivity index is 2.09. The van der Waals surface area contributed by atoms with E-state index in [4.69, 9.17) is 4.74 Å². The maximum Gasteiger partial charge on any atom is 0.125 e. The van der Waals surface area contributed by atoms with Gasteiger partial charge in [0.15, 0.2) is 0 Å². The molecule has 2 unspecified atom stereocenters. The topological polar surface area (TPSA) is 21.3 Å².